The summed E-state index contributed by atoms with van der Waals surface area (Å²) in [4.78, 5) is 16.6. The molecule has 2 aromatic carbocycles. The highest BCUT2D eigenvalue weighted by molar-refractivity contribution is 9.10. The van der Waals surface area contributed by atoms with Crippen LogP contribution in [0.2, 0.25) is 18.1 Å². The highest BCUT2D eigenvalue weighted by atomic mass is 79.9. The summed E-state index contributed by atoms with van der Waals surface area (Å²) < 4.78 is 22.7. The maximum Gasteiger partial charge on any atom is 0.257 e. The minimum absolute atomic E-state index is 0.0159. The molecule has 2 heterocycles. The molecular formula is C29H41BrN4O2SSi. The fourth-order valence-electron chi connectivity index (χ4n) is 5.04. The van der Waals surface area contributed by atoms with Crippen LogP contribution in [0.25, 0.3) is 0 Å². The molecule has 2 aromatic rings. The van der Waals surface area contributed by atoms with Gasteiger partial charge in [0.1, 0.15) is 9.92 Å². The lowest BCUT2D eigenvalue weighted by atomic mass is 9.93. The van der Waals surface area contributed by atoms with Gasteiger partial charge < -0.3 is 10.2 Å². The van der Waals surface area contributed by atoms with Crippen molar-refractivity contribution in [2.45, 2.75) is 75.9 Å². The lowest BCUT2D eigenvalue weighted by molar-refractivity contribution is 0.102. The third-order valence-electron chi connectivity index (χ3n) is 9.08. The van der Waals surface area contributed by atoms with Gasteiger partial charge in [-0.25, -0.2) is 8.51 Å². The van der Waals surface area contributed by atoms with Crippen molar-refractivity contribution < 1.29 is 9.00 Å². The van der Waals surface area contributed by atoms with Crippen LogP contribution in [0.1, 0.15) is 63.2 Å². The summed E-state index contributed by atoms with van der Waals surface area (Å²) in [6.45, 7) is 14.5. The van der Waals surface area contributed by atoms with Gasteiger partial charge in [-0.05, 0) is 92.0 Å². The predicted molar refractivity (Wildman–Crippen MR) is 164 cm³/mol. The molecule has 38 heavy (non-hydrogen) atoms. The monoisotopic (exact) mass is 616 g/mol. The molecule has 5 rings (SSSR count). The minimum atomic E-state index is -2.76. The average Bonchev–Trinajstić information content (AvgIpc) is 3.56. The highest BCUT2D eigenvalue weighted by Gasteiger charge is 2.45. The maximum absolute atomic E-state index is 14.6. The fourth-order valence-corrected chi connectivity index (χ4v) is 11.4. The van der Waals surface area contributed by atoms with Crippen molar-refractivity contribution in [2.24, 2.45) is 9.44 Å². The quantitative estimate of drug-likeness (QED) is 0.341. The number of nitrogens with zero attached hydrogens (tertiary/aromatic N) is 3. The molecule has 1 unspecified atom stereocenters. The summed E-state index contributed by atoms with van der Waals surface area (Å²) in [5.41, 5.74) is 2.86. The van der Waals surface area contributed by atoms with Crippen LogP contribution >= 0.6 is 15.9 Å². The largest absolute Gasteiger partial charge is 0.371 e. The standard InChI is InChI=1S/C29H41BrN4O2SSi/c1-28(2,3)38(4,5)32-37(36,34-16-7-17-34)24-9-6-8-23(21-24)31-27(35)25-11-10-22(30)20-26(25)33-18-14-29(12-13-29)15-19-33/h6,8-11,20-21H,7,12-19H2,1-5H3,(H,31,35). The molecule has 1 saturated carbocycles. The van der Waals surface area contributed by atoms with Crippen LogP contribution in [0.15, 0.2) is 55.9 Å². The molecule has 206 valence electrons. The van der Waals surface area contributed by atoms with E-state index >= 15 is 0 Å². The van der Waals surface area contributed by atoms with Crippen molar-refractivity contribution in [3.63, 3.8) is 0 Å². The number of nitrogens with one attached hydrogen (secondary N) is 1. The van der Waals surface area contributed by atoms with Gasteiger partial charge in [-0.3, -0.25) is 8.82 Å². The molecule has 6 nitrogen and oxygen atoms in total. The number of benzene rings is 2. The van der Waals surface area contributed by atoms with Crippen molar-refractivity contribution in [3.8, 4) is 0 Å². The molecule has 1 atom stereocenters. The summed E-state index contributed by atoms with van der Waals surface area (Å²) in [6, 6.07) is 13.4. The molecule has 0 bridgehead atoms. The topological polar surface area (TPSA) is 65.0 Å². The Morgan fingerprint density at radius 1 is 1.03 bits per heavy atom. The lowest BCUT2D eigenvalue weighted by Gasteiger charge is -2.38. The van der Waals surface area contributed by atoms with Gasteiger partial charge in [-0.1, -0.05) is 42.8 Å². The number of carbonyl (C=O) groups excluding carboxylic acids is 1. The number of carbonyl (C=O) groups is 1. The van der Waals surface area contributed by atoms with Crippen molar-refractivity contribution in [3.05, 3.63) is 52.5 Å². The molecular weight excluding hydrogens is 576 g/mol. The summed E-state index contributed by atoms with van der Waals surface area (Å²) in [6.07, 6.45) is 6.14. The van der Waals surface area contributed by atoms with E-state index < -0.39 is 18.2 Å². The molecule has 1 N–H and O–H groups in total. The number of rotatable bonds is 6. The Labute approximate surface area is 238 Å². The van der Waals surface area contributed by atoms with Crippen LogP contribution < -0.4 is 10.2 Å². The average molecular weight is 618 g/mol. The summed E-state index contributed by atoms with van der Waals surface area (Å²) in [5.74, 6) is -0.145. The number of anilines is 2. The van der Waals surface area contributed by atoms with E-state index in [1.54, 1.807) is 0 Å². The second-order valence-corrected chi connectivity index (χ2v) is 21.1. The van der Waals surface area contributed by atoms with Crippen LogP contribution in [0.4, 0.5) is 11.4 Å². The Hall–Kier alpha value is -1.68. The van der Waals surface area contributed by atoms with Crippen LogP contribution in [0.5, 0.6) is 0 Å². The second kappa shape index (κ2) is 10.1. The van der Waals surface area contributed by atoms with Crippen molar-refractivity contribution in [1.29, 1.82) is 0 Å². The molecule has 0 radical (unpaired) electrons. The highest BCUT2D eigenvalue weighted by Crippen LogP contribution is 2.54. The van der Waals surface area contributed by atoms with E-state index in [2.05, 4.69) is 66.1 Å². The van der Waals surface area contributed by atoms with Crippen LogP contribution in [-0.2, 0) is 9.92 Å². The van der Waals surface area contributed by atoms with Crippen LogP contribution in [0.3, 0.4) is 0 Å². The Morgan fingerprint density at radius 2 is 1.71 bits per heavy atom. The Kier molecular flexibility index (Phi) is 7.37. The first-order valence-electron chi connectivity index (χ1n) is 13.8. The molecule has 3 fully saturated rings. The number of hydrogen-bond acceptors (Lipinski definition) is 4. The van der Waals surface area contributed by atoms with E-state index in [9.17, 15) is 9.00 Å². The van der Waals surface area contributed by atoms with Crippen molar-refractivity contribution in [1.82, 2.24) is 4.31 Å². The third kappa shape index (κ3) is 5.49. The molecule has 1 amide bonds. The first kappa shape index (κ1) is 27.9. The predicted octanol–water partition coefficient (Wildman–Crippen LogP) is 7.53. The molecule has 2 aliphatic heterocycles. The van der Waals surface area contributed by atoms with E-state index in [0.717, 1.165) is 42.8 Å². The molecule has 1 spiro atoms. The van der Waals surface area contributed by atoms with E-state index in [1.165, 1.54) is 25.7 Å². The van der Waals surface area contributed by atoms with Gasteiger partial charge in [-0.2, -0.15) is 0 Å². The number of amides is 1. The molecule has 9 heteroatoms. The first-order chi connectivity index (χ1) is 17.8. The summed E-state index contributed by atoms with van der Waals surface area (Å²) in [7, 11) is -4.95. The van der Waals surface area contributed by atoms with Crippen LogP contribution in [-0.4, -0.2) is 48.8 Å². The van der Waals surface area contributed by atoms with Crippen LogP contribution in [0, 0.1) is 5.41 Å². The smallest absolute Gasteiger partial charge is 0.257 e. The number of piperidine rings is 1. The van der Waals surface area contributed by atoms with E-state index in [0.29, 0.717) is 21.6 Å². The Morgan fingerprint density at radius 3 is 2.29 bits per heavy atom. The van der Waals surface area contributed by atoms with Gasteiger partial charge >= 0.3 is 0 Å². The number of halogens is 1. The Balaban J connectivity index is 1.43. The minimum Gasteiger partial charge on any atom is -0.371 e. The number of hydrogen-bond donors (Lipinski definition) is 1. The summed E-state index contributed by atoms with van der Waals surface area (Å²) >= 11 is 3.61. The van der Waals surface area contributed by atoms with Gasteiger partial charge in [-0.15, -0.1) is 0 Å². The normalized spacial score (nSPS) is 20.9. The maximum atomic E-state index is 14.6. The molecule has 3 aliphatic rings. The fraction of sp³-hybridized carbons (Fsp3) is 0.552. The van der Waals surface area contributed by atoms with Gasteiger partial charge in [0.25, 0.3) is 5.91 Å². The van der Waals surface area contributed by atoms with Crippen molar-refractivity contribution in [2.75, 3.05) is 36.4 Å². The van der Waals surface area contributed by atoms with Gasteiger partial charge in [0.2, 0.25) is 0 Å². The van der Waals surface area contributed by atoms with Crippen molar-refractivity contribution >= 4 is 51.4 Å². The summed E-state index contributed by atoms with van der Waals surface area (Å²) in [5, 5.41) is 3.10. The molecule has 0 aromatic heterocycles. The Bertz CT molecular complexity index is 1340. The molecule has 2 saturated heterocycles. The van der Waals surface area contributed by atoms with E-state index in [4.69, 9.17) is 4.03 Å². The van der Waals surface area contributed by atoms with Gasteiger partial charge in [0.15, 0.2) is 8.24 Å². The molecule has 1 aliphatic carbocycles. The zero-order valence-corrected chi connectivity index (χ0v) is 26.8. The first-order valence-corrected chi connectivity index (χ1v) is 19.0. The third-order valence-corrected chi connectivity index (χ3v) is 18.0. The lowest BCUT2D eigenvalue weighted by Crippen LogP contribution is -2.45. The van der Waals surface area contributed by atoms with Gasteiger partial charge in [0.05, 0.1) is 16.1 Å². The zero-order valence-electron chi connectivity index (χ0n) is 23.3. The van der Waals surface area contributed by atoms with E-state index in [-0.39, 0.29) is 10.9 Å². The second-order valence-electron chi connectivity index (χ2n) is 12.8. The SMILES string of the molecule is CC(C)(C)[Si](C)(C)N=S(=O)(c1cccc(NC(=O)c2ccc(Br)cc2N2CCC3(CC2)CC3)c1)N1CCC1. The van der Waals surface area contributed by atoms with E-state index in [1.807, 2.05) is 40.7 Å². The zero-order chi connectivity index (χ0) is 27.3. The van der Waals surface area contributed by atoms with Gasteiger partial charge in [0, 0.05) is 36.3 Å².